The van der Waals surface area contributed by atoms with Gasteiger partial charge in [0.25, 0.3) is 0 Å². The van der Waals surface area contributed by atoms with Crippen LogP contribution in [0.2, 0.25) is 0 Å². The minimum atomic E-state index is -0.473. The van der Waals surface area contributed by atoms with Crippen molar-refractivity contribution in [2.45, 2.75) is 40.2 Å². The maximum Gasteiger partial charge on any atom is 0.191 e. The molecule has 4 nitrogen and oxygen atoms in total. The Bertz CT molecular complexity index is 521. The number of aliphatic hydroxyl groups is 1. The van der Waals surface area contributed by atoms with E-state index in [0.717, 1.165) is 31.0 Å². The van der Waals surface area contributed by atoms with E-state index in [1.165, 1.54) is 0 Å². The third kappa shape index (κ3) is 7.73. The molecule has 0 bridgehead atoms. The Morgan fingerprint density at radius 2 is 2.00 bits per heavy atom. The predicted octanol–water partition coefficient (Wildman–Crippen LogP) is 3.06. The fourth-order valence-electron chi connectivity index (χ4n) is 2.56. The van der Waals surface area contributed by atoms with Crippen LogP contribution >= 0.6 is 0 Å². The second-order valence-corrected chi connectivity index (χ2v) is 6.32. The summed E-state index contributed by atoms with van der Waals surface area (Å²) in [7, 11) is 0. The molecule has 0 heterocycles. The molecule has 0 aliphatic rings. The van der Waals surface area contributed by atoms with Crippen molar-refractivity contribution in [2.75, 3.05) is 19.7 Å². The summed E-state index contributed by atoms with van der Waals surface area (Å²) in [6, 6.07) is 3.37. The van der Waals surface area contributed by atoms with Crippen LogP contribution < -0.4 is 10.6 Å². The number of nitrogens with one attached hydrogen (secondary N) is 2. The molecule has 0 spiro atoms. The van der Waals surface area contributed by atoms with Gasteiger partial charge in [0.2, 0.25) is 0 Å². The van der Waals surface area contributed by atoms with Gasteiger partial charge in [-0.3, -0.25) is 0 Å². The number of nitrogens with zero attached hydrogens (tertiary/aromatic N) is 1. The molecule has 0 saturated carbocycles. The molecule has 1 aromatic carbocycles. The molecule has 0 aromatic heterocycles. The number of hydrogen-bond donors (Lipinski definition) is 3. The minimum Gasteiger partial charge on any atom is -0.396 e. The zero-order valence-electron chi connectivity index (χ0n) is 14.8. The summed E-state index contributed by atoms with van der Waals surface area (Å²) in [5.41, 5.74) is 0.223. The number of halogens is 2. The number of hydrogen-bond acceptors (Lipinski definition) is 2. The Morgan fingerprint density at radius 1 is 1.25 bits per heavy atom. The molecule has 0 radical (unpaired) electrons. The zero-order valence-corrected chi connectivity index (χ0v) is 14.8. The van der Waals surface area contributed by atoms with Gasteiger partial charge in [0.05, 0.1) is 6.54 Å². The van der Waals surface area contributed by atoms with Crippen LogP contribution in [0.1, 0.15) is 39.2 Å². The number of aliphatic hydroxyl groups excluding tert-OH is 1. The highest BCUT2D eigenvalue weighted by Crippen LogP contribution is 2.14. The Labute approximate surface area is 143 Å². The van der Waals surface area contributed by atoms with Crippen LogP contribution in [0.25, 0.3) is 0 Å². The summed E-state index contributed by atoms with van der Waals surface area (Å²) >= 11 is 0. The van der Waals surface area contributed by atoms with Crippen molar-refractivity contribution in [1.29, 1.82) is 0 Å². The Balaban J connectivity index is 2.69. The molecule has 0 saturated heterocycles. The molecule has 0 aliphatic heterocycles. The van der Waals surface area contributed by atoms with Gasteiger partial charge >= 0.3 is 0 Å². The van der Waals surface area contributed by atoms with Crippen molar-refractivity contribution in [1.82, 2.24) is 10.6 Å². The quantitative estimate of drug-likeness (QED) is 0.478. The number of guanidine groups is 1. The van der Waals surface area contributed by atoms with Crippen molar-refractivity contribution in [3.8, 4) is 0 Å². The molecule has 24 heavy (non-hydrogen) atoms. The average molecular weight is 341 g/mol. The summed E-state index contributed by atoms with van der Waals surface area (Å²) in [6.07, 6.45) is 1.73. The summed E-state index contributed by atoms with van der Waals surface area (Å²) in [6.45, 7) is 7.81. The fraction of sp³-hybridized carbons (Fsp3) is 0.611. The van der Waals surface area contributed by atoms with Gasteiger partial charge in [0.15, 0.2) is 5.96 Å². The lowest BCUT2D eigenvalue weighted by molar-refractivity contribution is 0.243. The predicted molar refractivity (Wildman–Crippen MR) is 93.8 cm³/mol. The molecule has 1 atom stereocenters. The van der Waals surface area contributed by atoms with Gasteiger partial charge in [0, 0.05) is 25.3 Å². The van der Waals surface area contributed by atoms with Crippen LogP contribution in [-0.4, -0.2) is 30.8 Å². The second kappa shape index (κ2) is 11.0. The first-order chi connectivity index (χ1) is 11.5. The van der Waals surface area contributed by atoms with E-state index in [1.54, 1.807) is 0 Å². The van der Waals surface area contributed by atoms with E-state index in [2.05, 4.69) is 29.5 Å². The van der Waals surface area contributed by atoms with Crippen molar-refractivity contribution >= 4 is 5.96 Å². The number of rotatable bonds is 9. The lowest BCUT2D eigenvalue weighted by Crippen LogP contribution is -2.40. The van der Waals surface area contributed by atoms with E-state index in [1.807, 2.05) is 6.92 Å². The molecule has 1 unspecified atom stereocenters. The van der Waals surface area contributed by atoms with Crippen LogP contribution in [-0.2, 0) is 6.54 Å². The molecule has 0 amide bonds. The highest BCUT2D eigenvalue weighted by atomic mass is 19.1. The highest BCUT2D eigenvalue weighted by molar-refractivity contribution is 5.79. The first-order valence-corrected chi connectivity index (χ1v) is 8.53. The zero-order chi connectivity index (χ0) is 17.9. The minimum absolute atomic E-state index is 0.0633. The van der Waals surface area contributed by atoms with E-state index in [4.69, 9.17) is 0 Å². The average Bonchev–Trinajstić information content (AvgIpc) is 2.52. The summed E-state index contributed by atoms with van der Waals surface area (Å²) in [5.74, 6) is 0.510. The molecule has 3 N–H and O–H groups in total. The van der Waals surface area contributed by atoms with E-state index < -0.39 is 11.6 Å². The SMILES string of the molecule is CCNC(=NCc1cc(F)ccc1F)NCC(CCO)CC(C)C. The molecule has 0 aliphatic carbocycles. The third-order valence-electron chi connectivity index (χ3n) is 3.66. The van der Waals surface area contributed by atoms with Crippen molar-refractivity contribution < 1.29 is 13.9 Å². The monoisotopic (exact) mass is 341 g/mol. The molecular formula is C18H29F2N3O. The van der Waals surface area contributed by atoms with Crippen molar-refractivity contribution in [3.05, 3.63) is 35.4 Å². The highest BCUT2D eigenvalue weighted by Gasteiger charge is 2.11. The van der Waals surface area contributed by atoms with E-state index >= 15 is 0 Å². The van der Waals surface area contributed by atoms with Gasteiger partial charge < -0.3 is 15.7 Å². The molecule has 1 aromatic rings. The first-order valence-electron chi connectivity index (χ1n) is 8.53. The van der Waals surface area contributed by atoms with Crippen LogP contribution in [0.5, 0.6) is 0 Å². The fourth-order valence-corrected chi connectivity index (χ4v) is 2.56. The third-order valence-corrected chi connectivity index (χ3v) is 3.66. The molecule has 136 valence electrons. The van der Waals surface area contributed by atoms with Gasteiger partial charge in [-0.15, -0.1) is 0 Å². The van der Waals surface area contributed by atoms with E-state index in [9.17, 15) is 13.9 Å². The largest absolute Gasteiger partial charge is 0.396 e. The standard InChI is InChI=1S/C18H29F2N3O/c1-4-21-18(22-11-14(7-8-24)9-13(2)3)23-12-15-10-16(19)5-6-17(15)20/h5-6,10,13-14,24H,4,7-9,11-12H2,1-3H3,(H2,21,22,23). The van der Waals surface area contributed by atoms with Gasteiger partial charge in [-0.1, -0.05) is 13.8 Å². The van der Waals surface area contributed by atoms with Crippen molar-refractivity contribution in [3.63, 3.8) is 0 Å². The Kier molecular flexibility index (Phi) is 9.30. The maximum atomic E-state index is 13.7. The van der Waals surface area contributed by atoms with Gasteiger partial charge in [-0.25, -0.2) is 13.8 Å². The number of benzene rings is 1. The van der Waals surface area contributed by atoms with Gasteiger partial charge in [-0.2, -0.15) is 0 Å². The lowest BCUT2D eigenvalue weighted by Gasteiger charge is -2.20. The van der Waals surface area contributed by atoms with Gasteiger partial charge in [0.1, 0.15) is 11.6 Å². The first kappa shape index (κ1) is 20.4. The maximum absolute atomic E-state index is 13.7. The number of aliphatic imine (C=N–C) groups is 1. The summed E-state index contributed by atoms with van der Waals surface area (Å²) in [4.78, 5) is 4.32. The summed E-state index contributed by atoms with van der Waals surface area (Å²) in [5, 5.41) is 15.5. The van der Waals surface area contributed by atoms with Gasteiger partial charge in [-0.05, 0) is 49.8 Å². The molecule has 1 rings (SSSR count). The van der Waals surface area contributed by atoms with Crippen LogP contribution in [0.4, 0.5) is 8.78 Å². The van der Waals surface area contributed by atoms with Crippen LogP contribution in [0.15, 0.2) is 23.2 Å². The molecular weight excluding hydrogens is 312 g/mol. The van der Waals surface area contributed by atoms with Crippen LogP contribution in [0, 0.1) is 23.5 Å². The second-order valence-electron chi connectivity index (χ2n) is 6.32. The Morgan fingerprint density at radius 3 is 2.62 bits per heavy atom. The smallest absolute Gasteiger partial charge is 0.191 e. The molecule has 0 fully saturated rings. The topological polar surface area (TPSA) is 56.7 Å². The van der Waals surface area contributed by atoms with Crippen LogP contribution in [0.3, 0.4) is 0 Å². The normalized spacial score (nSPS) is 13.2. The Hall–Kier alpha value is -1.69. The molecule has 6 heteroatoms. The van der Waals surface area contributed by atoms with Crippen molar-refractivity contribution in [2.24, 2.45) is 16.8 Å². The summed E-state index contributed by atoms with van der Waals surface area (Å²) < 4.78 is 26.9. The van der Waals surface area contributed by atoms with E-state index in [0.29, 0.717) is 30.9 Å². The lowest BCUT2D eigenvalue weighted by atomic mass is 9.94. The van der Waals surface area contributed by atoms with E-state index in [-0.39, 0.29) is 18.7 Å².